The van der Waals surface area contributed by atoms with E-state index >= 15 is 0 Å². The number of nitrogens with zero attached hydrogens (tertiary/aromatic N) is 3. The zero-order valence-corrected chi connectivity index (χ0v) is 19.2. The molecule has 2 aliphatic rings. The molecular formula is C27H31N3O3. The highest BCUT2D eigenvalue weighted by atomic mass is 16.6. The molecule has 0 aromatic heterocycles. The number of rotatable bonds is 3. The Morgan fingerprint density at radius 3 is 1.97 bits per heavy atom. The fourth-order valence-corrected chi connectivity index (χ4v) is 5.32. The third kappa shape index (κ3) is 4.27. The van der Waals surface area contributed by atoms with Gasteiger partial charge in [0.05, 0.1) is 12.2 Å². The summed E-state index contributed by atoms with van der Waals surface area (Å²) in [6, 6.07) is 19.0. The number of amides is 2. The summed E-state index contributed by atoms with van der Waals surface area (Å²) in [7, 11) is 0. The molecule has 2 heterocycles. The summed E-state index contributed by atoms with van der Waals surface area (Å²) in [5.74, 6) is 0.125. The minimum atomic E-state index is -0.200. The molecule has 0 bridgehead atoms. The fourth-order valence-electron chi connectivity index (χ4n) is 5.32. The van der Waals surface area contributed by atoms with Crippen molar-refractivity contribution in [3.8, 4) is 0 Å². The maximum atomic E-state index is 13.7. The van der Waals surface area contributed by atoms with E-state index in [0.717, 1.165) is 79.2 Å². The van der Waals surface area contributed by atoms with Gasteiger partial charge in [-0.05, 0) is 47.4 Å². The fraction of sp³-hybridized carbons (Fsp3) is 0.407. The van der Waals surface area contributed by atoms with Crippen LogP contribution in [0.2, 0.25) is 0 Å². The Morgan fingerprint density at radius 2 is 1.39 bits per heavy atom. The first-order valence-electron chi connectivity index (χ1n) is 12.0. The van der Waals surface area contributed by atoms with E-state index in [4.69, 9.17) is 4.74 Å². The first-order chi connectivity index (χ1) is 16.2. The van der Waals surface area contributed by atoms with E-state index in [1.807, 2.05) is 41.0 Å². The summed E-state index contributed by atoms with van der Waals surface area (Å²) in [4.78, 5) is 32.0. The molecule has 5 rings (SSSR count). The van der Waals surface area contributed by atoms with Crippen molar-refractivity contribution in [3.63, 3.8) is 0 Å². The summed E-state index contributed by atoms with van der Waals surface area (Å²) in [6.45, 7) is 6.95. The molecule has 6 nitrogen and oxygen atoms in total. The maximum Gasteiger partial charge on any atom is 0.409 e. The van der Waals surface area contributed by atoms with Crippen LogP contribution in [-0.4, -0.2) is 78.6 Å². The number of benzene rings is 3. The maximum absolute atomic E-state index is 13.7. The average Bonchev–Trinajstić information content (AvgIpc) is 2.87. The Kier molecular flexibility index (Phi) is 6.18. The van der Waals surface area contributed by atoms with Crippen molar-refractivity contribution in [2.45, 2.75) is 25.8 Å². The molecule has 0 spiro atoms. The number of ether oxygens (including phenoxy) is 1. The van der Waals surface area contributed by atoms with Crippen LogP contribution in [0.15, 0.2) is 54.6 Å². The zero-order chi connectivity index (χ0) is 22.8. The summed E-state index contributed by atoms with van der Waals surface area (Å²) in [6.07, 6.45) is 1.72. The standard InChI is InChI=1S/C27H31N3O3/c1-2-33-27(32)30-13-11-22(12-14-30)28-15-17-29(18-16-28)26(31)25-23-9-5-3-7-20(23)19-21-8-4-6-10-24(21)25/h3-10,19,22H,2,11-18H2,1H3. The predicted octanol–water partition coefficient (Wildman–Crippen LogP) is 4.37. The topological polar surface area (TPSA) is 53.1 Å². The van der Waals surface area contributed by atoms with E-state index in [-0.39, 0.29) is 12.0 Å². The smallest absolute Gasteiger partial charge is 0.409 e. The van der Waals surface area contributed by atoms with Crippen LogP contribution in [-0.2, 0) is 4.74 Å². The molecule has 0 saturated carbocycles. The van der Waals surface area contributed by atoms with Crippen molar-refractivity contribution in [3.05, 3.63) is 60.2 Å². The SMILES string of the molecule is CCOC(=O)N1CCC(N2CCN(C(=O)c3c4ccccc4cc4ccccc34)CC2)CC1. The summed E-state index contributed by atoms with van der Waals surface area (Å²) >= 11 is 0. The summed E-state index contributed by atoms with van der Waals surface area (Å²) in [5, 5.41) is 4.25. The Morgan fingerprint density at radius 1 is 0.818 bits per heavy atom. The molecule has 6 heteroatoms. The van der Waals surface area contributed by atoms with Gasteiger partial charge in [0.2, 0.25) is 0 Å². The molecule has 172 valence electrons. The number of hydrogen-bond acceptors (Lipinski definition) is 4. The lowest BCUT2D eigenvalue weighted by Gasteiger charge is -2.42. The number of fused-ring (bicyclic) bond motifs is 2. The first kappa shape index (κ1) is 21.7. The second-order valence-corrected chi connectivity index (χ2v) is 8.94. The van der Waals surface area contributed by atoms with Gasteiger partial charge in [-0.15, -0.1) is 0 Å². The minimum Gasteiger partial charge on any atom is -0.450 e. The van der Waals surface area contributed by atoms with Crippen LogP contribution in [0.5, 0.6) is 0 Å². The van der Waals surface area contributed by atoms with Gasteiger partial charge in [-0.25, -0.2) is 4.79 Å². The summed E-state index contributed by atoms with van der Waals surface area (Å²) in [5.41, 5.74) is 0.819. The van der Waals surface area contributed by atoms with Crippen LogP contribution in [0.4, 0.5) is 4.79 Å². The minimum absolute atomic E-state index is 0.125. The monoisotopic (exact) mass is 445 g/mol. The van der Waals surface area contributed by atoms with Crippen molar-refractivity contribution >= 4 is 33.5 Å². The van der Waals surface area contributed by atoms with Crippen molar-refractivity contribution in [1.82, 2.24) is 14.7 Å². The first-order valence-corrected chi connectivity index (χ1v) is 12.0. The van der Waals surface area contributed by atoms with Crippen LogP contribution in [0, 0.1) is 0 Å². The van der Waals surface area contributed by atoms with Crippen LogP contribution in [0.1, 0.15) is 30.1 Å². The highest BCUT2D eigenvalue weighted by molar-refractivity contribution is 6.18. The average molecular weight is 446 g/mol. The van der Waals surface area contributed by atoms with Gasteiger partial charge in [0, 0.05) is 45.3 Å². The molecule has 2 aliphatic heterocycles. The van der Waals surface area contributed by atoms with Crippen LogP contribution in [0.3, 0.4) is 0 Å². The third-order valence-corrected chi connectivity index (χ3v) is 7.09. The second kappa shape index (κ2) is 9.40. The molecule has 3 aromatic rings. The van der Waals surface area contributed by atoms with Crippen molar-refractivity contribution in [2.75, 3.05) is 45.9 Å². The Labute approximate surface area is 194 Å². The highest BCUT2D eigenvalue weighted by Crippen LogP contribution is 2.30. The normalized spacial score (nSPS) is 18.1. The van der Waals surface area contributed by atoms with E-state index in [2.05, 4.69) is 35.2 Å². The van der Waals surface area contributed by atoms with Crippen molar-refractivity contribution in [1.29, 1.82) is 0 Å². The largest absolute Gasteiger partial charge is 0.450 e. The van der Waals surface area contributed by atoms with E-state index in [1.54, 1.807) is 0 Å². The molecule has 0 atom stereocenters. The molecular weight excluding hydrogens is 414 g/mol. The van der Waals surface area contributed by atoms with Gasteiger partial charge in [-0.2, -0.15) is 0 Å². The lowest BCUT2D eigenvalue weighted by molar-refractivity contribution is 0.0419. The molecule has 0 aliphatic carbocycles. The number of likely N-dealkylation sites (tertiary alicyclic amines) is 1. The highest BCUT2D eigenvalue weighted by Gasteiger charge is 2.31. The van der Waals surface area contributed by atoms with Gasteiger partial charge in [0.15, 0.2) is 0 Å². The van der Waals surface area contributed by atoms with E-state index < -0.39 is 0 Å². The van der Waals surface area contributed by atoms with E-state index in [0.29, 0.717) is 12.6 Å². The Bertz CT molecular complexity index is 1110. The molecule has 33 heavy (non-hydrogen) atoms. The van der Waals surface area contributed by atoms with Crippen molar-refractivity contribution < 1.29 is 14.3 Å². The number of piperazine rings is 1. The lowest BCUT2D eigenvalue weighted by Crippen LogP contribution is -2.54. The quantitative estimate of drug-likeness (QED) is 0.562. The van der Waals surface area contributed by atoms with E-state index in [1.165, 1.54) is 0 Å². The molecule has 2 fully saturated rings. The molecule has 0 radical (unpaired) electrons. The lowest BCUT2D eigenvalue weighted by atomic mass is 9.95. The number of piperidine rings is 1. The van der Waals surface area contributed by atoms with Gasteiger partial charge in [0.25, 0.3) is 5.91 Å². The number of carbonyl (C=O) groups is 2. The van der Waals surface area contributed by atoms with Gasteiger partial charge in [-0.3, -0.25) is 9.69 Å². The zero-order valence-electron chi connectivity index (χ0n) is 19.2. The second-order valence-electron chi connectivity index (χ2n) is 8.94. The predicted molar refractivity (Wildman–Crippen MR) is 131 cm³/mol. The number of carbonyl (C=O) groups excluding carboxylic acids is 2. The number of hydrogen-bond donors (Lipinski definition) is 0. The van der Waals surface area contributed by atoms with Crippen LogP contribution >= 0.6 is 0 Å². The molecule has 3 aromatic carbocycles. The molecule has 0 unspecified atom stereocenters. The van der Waals surface area contributed by atoms with Crippen LogP contribution in [0.25, 0.3) is 21.5 Å². The molecule has 0 N–H and O–H groups in total. The molecule has 2 saturated heterocycles. The van der Waals surface area contributed by atoms with Gasteiger partial charge in [0.1, 0.15) is 0 Å². The van der Waals surface area contributed by atoms with Gasteiger partial charge >= 0.3 is 6.09 Å². The van der Waals surface area contributed by atoms with E-state index in [9.17, 15) is 9.59 Å². The molecule has 2 amide bonds. The third-order valence-electron chi connectivity index (χ3n) is 7.09. The van der Waals surface area contributed by atoms with Crippen LogP contribution < -0.4 is 0 Å². The summed E-state index contributed by atoms with van der Waals surface area (Å²) < 4.78 is 5.13. The van der Waals surface area contributed by atoms with Gasteiger partial charge in [-0.1, -0.05) is 48.5 Å². The Hall–Kier alpha value is -3.12. The Balaban J connectivity index is 1.28. The van der Waals surface area contributed by atoms with Gasteiger partial charge < -0.3 is 14.5 Å². The van der Waals surface area contributed by atoms with Crippen molar-refractivity contribution in [2.24, 2.45) is 0 Å².